The Morgan fingerprint density at radius 2 is 1.70 bits per heavy atom. The molecule has 0 spiro atoms. The molecular weight excluding hydrogens is 252 g/mol. The van der Waals surface area contributed by atoms with Gasteiger partial charge in [-0.2, -0.15) is 0 Å². The Balaban J connectivity index is 2.27. The molecule has 0 aromatic heterocycles. The van der Waals surface area contributed by atoms with E-state index >= 15 is 0 Å². The number of rotatable bonds is 5. The Morgan fingerprint density at radius 1 is 1.05 bits per heavy atom. The molecule has 0 saturated carbocycles. The van der Waals surface area contributed by atoms with Gasteiger partial charge in [0.15, 0.2) is 0 Å². The molecule has 0 aliphatic carbocycles. The smallest absolute Gasteiger partial charge is 0.311 e. The molecular formula is C17H18O3. The minimum atomic E-state index is -0.241. The van der Waals surface area contributed by atoms with E-state index in [2.05, 4.69) is 0 Å². The van der Waals surface area contributed by atoms with Crippen molar-refractivity contribution in [3.05, 3.63) is 48.5 Å². The zero-order chi connectivity index (χ0) is 14.4. The molecule has 0 heterocycles. The molecule has 0 amide bonds. The number of carbonyl (C=O) groups excluding carboxylic acids is 1. The second-order valence-corrected chi connectivity index (χ2v) is 4.59. The van der Waals surface area contributed by atoms with Crippen LogP contribution in [0.3, 0.4) is 0 Å². The summed E-state index contributed by atoms with van der Waals surface area (Å²) in [5, 5.41) is 9.92. The SMILES string of the molecule is CCCCC(=O)Oc1ccccc1-c1ccccc1O. The fourth-order valence-corrected chi connectivity index (χ4v) is 1.97. The molecule has 1 N–H and O–H groups in total. The van der Waals surface area contributed by atoms with Crippen molar-refractivity contribution < 1.29 is 14.6 Å². The fourth-order valence-electron chi connectivity index (χ4n) is 1.97. The van der Waals surface area contributed by atoms with Crippen LogP contribution in [0.4, 0.5) is 0 Å². The van der Waals surface area contributed by atoms with E-state index in [9.17, 15) is 9.90 Å². The van der Waals surface area contributed by atoms with Gasteiger partial charge in [0, 0.05) is 17.5 Å². The van der Waals surface area contributed by atoms with Gasteiger partial charge in [0.1, 0.15) is 11.5 Å². The first-order valence-electron chi connectivity index (χ1n) is 6.80. The van der Waals surface area contributed by atoms with Gasteiger partial charge in [-0.1, -0.05) is 49.7 Å². The lowest BCUT2D eigenvalue weighted by molar-refractivity contribution is -0.134. The summed E-state index contributed by atoms with van der Waals surface area (Å²) in [7, 11) is 0. The minimum Gasteiger partial charge on any atom is -0.507 e. The molecule has 0 atom stereocenters. The van der Waals surface area contributed by atoms with Crippen molar-refractivity contribution in [1.82, 2.24) is 0 Å². The lowest BCUT2D eigenvalue weighted by atomic mass is 10.0. The number of hydrogen-bond acceptors (Lipinski definition) is 3. The maximum atomic E-state index is 11.8. The standard InChI is InChI=1S/C17H18O3/c1-2-3-12-17(19)20-16-11-7-5-9-14(16)13-8-4-6-10-15(13)18/h4-11,18H,2-3,12H2,1H3. The third kappa shape index (κ3) is 3.38. The van der Waals surface area contributed by atoms with Crippen LogP contribution in [-0.4, -0.2) is 11.1 Å². The van der Waals surface area contributed by atoms with Crippen molar-refractivity contribution in [2.75, 3.05) is 0 Å². The summed E-state index contributed by atoms with van der Waals surface area (Å²) in [4.78, 5) is 11.8. The molecule has 2 aromatic rings. The number of para-hydroxylation sites is 2. The number of hydrogen-bond donors (Lipinski definition) is 1. The van der Waals surface area contributed by atoms with Crippen LogP contribution in [0, 0.1) is 0 Å². The summed E-state index contributed by atoms with van der Waals surface area (Å²) in [5.41, 5.74) is 1.38. The predicted molar refractivity (Wildman–Crippen MR) is 78.7 cm³/mol. The highest BCUT2D eigenvalue weighted by Crippen LogP contribution is 2.35. The Bertz CT molecular complexity index is 590. The van der Waals surface area contributed by atoms with E-state index in [1.54, 1.807) is 24.3 Å². The van der Waals surface area contributed by atoms with E-state index in [1.807, 2.05) is 31.2 Å². The molecule has 2 rings (SSSR count). The number of aromatic hydroxyl groups is 1. The molecule has 0 fully saturated rings. The molecule has 0 radical (unpaired) electrons. The summed E-state index contributed by atoms with van der Waals surface area (Å²) >= 11 is 0. The zero-order valence-corrected chi connectivity index (χ0v) is 11.5. The third-order valence-electron chi connectivity index (χ3n) is 3.04. The number of carbonyl (C=O) groups is 1. The van der Waals surface area contributed by atoms with E-state index in [1.165, 1.54) is 0 Å². The van der Waals surface area contributed by atoms with Gasteiger partial charge in [0.05, 0.1) is 0 Å². The summed E-state index contributed by atoms with van der Waals surface area (Å²) < 4.78 is 5.41. The number of phenolic OH excluding ortho intramolecular Hbond substituents is 1. The molecule has 104 valence electrons. The molecule has 0 bridgehead atoms. The number of unbranched alkanes of at least 4 members (excludes halogenated alkanes) is 1. The summed E-state index contributed by atoms with van der Waals surface area (Å²) in [6.07, 6.45) is 2.18. The molecule has 2 aromatic carbocycles. The summed E-state index contributed by atoms with van der Waals surface area (Å²) in [6.45, 7) is 2.03. The Kier molecular flexibility index (Phi) is 4.77. The van der Waals surface area contributed by atoms with Gasteiger partial charge in [-0.25, -0.2) is 0 Å². The molecule has 0 saturated heterocycles. The van der Waals surface area contributed by atoms with E-state index in [4.69, 9.17) is 4.74 Å². The Labute approximate surface area is 118 Å². The largest absolute Gasteiger partial charge is 0.507 e. The molecule has 0 aliphatic rings. The lowest BCUT2D eigenvalue weighted by Gasteiger charge is -2.11. The highest BCUT2D eigenvalue weighted by molar-refractivity contribution is 5.80. The van der Waals surface area contributed by atoms with E-state index < -0.39 is 0 Å². The number of benzene rings is 2. The number of ether oxygens (including phenoxy) is 1. The van der Waals surface area contributed by atoms with Crippen LogP contribution < -0.4 is 4.74 Å². The van der Waals surface area contributed by atoms with E-state index in [-0.39, 0.29) is 11.7 Å². The quantitative estimate of drug-likeness (QED) is 0.655. The Hall–Kier alpha value is -2.29. The van der Waals surface area contributed by atoms with Crippen LogP contribution in [0.15, 0.2) is 48.5 Å². The second kappa shape index (κ2) is 6.75. The maximum absolute atomic E-state index is 11.8. The van der Waals surface area contributed by atoms with Gasteiger partial charge < -0.3 is 9.84 Å². The monoisotopic (exact) mass is 270 g/mol. The number of esters is 1. The van der Waals surface area contributed by atoms with Gasteiger partial charge in [-0.05, 0) is 18.6 Å². The molecule has 0 unspecified atom stereocenters. The third-order valence-corrected chi connectivity index (χ3v) is 3.04. The lowest BCUT2D eigenvalue weighted by Crippen LogP contribution is -2.08. The molecule has 0 aliphatic heterocycles. The molecule has 20 heavy (non-hydrogen) atoms. The summed E-state index contributed by atoms with van der Waals surface area (Å²) in [5.74, 6) is 0.411. The average molecular weight is 270 g/mol. The normalized spacial score (nSPS) is 10.2. The maximum Gasteiger partial charge on any atom is 0.311 e. The van der Waals surface area contributed by atoms with E-state index in [0.717, 1.165) is 18.4 Å². The second-order valence-electron chi connectivity index (χ2n) is 4.59. The number of phenols is 1. The van der Waals surface area contributed by atoms with Crippen LogP contribution in [0.25, 0.3) is 11.1 Å². The highest BCUT2D eigenvalue weighted by atomic mass is 16.5. The van der Waals surface area contributed by atoms with Crippen molar-refractivity contribution in [2.45, 2.75) is 26.2 Å². The van der Waals surface area contributed by atoms with E-state index in [0.29, 0.717) is 17.7 Å². The van der Waals surface area contributed by atoms with Crippen molar-refractivity contribution >= 4 is 5.97 Å². The van der Waals surface area contributed by atoms with Crippen molar-refractivity contribution in [3.63, 3.8) is 0 Å². The first-order chi connectivity index (χ1) is 9.72. The van der Waals surface area contributed by atoms with Gasteiger partial charge in [0.2, 0.25) is 0 Å². The fraction of sp³-hybridized carbons (Fsp3) is 0.235. The zero-order valence-electron chi connectivity index (χ0n) is 11.5. The van der Waals surface area contributed by atoms with Crippen LogP contribution in [0.2, 0.25) is 0 Å². The van der Waals surface area contributed by atoms with Crippen molar-refractivity contribution in [2.24, 2.45) is 0 Å². The first-order valence-corrected chi connectivity index (χ1v) is 6.80. The van der Waals surface area contributed by atoms with Gasteiger partial charge >= 0.3 is 5.97 Å². The van der Waals surface area contributed by atoms with Crippen LogP contribution >= 0.6 is 0 Å². The van der Waals surface area contributed by atoms with Crippen LogP contribution in [0.1, 0.15) is 26.2 Å². The Morgan fingerprint density at radius 3 is 2.40 bits per heavy atom. The first kappa shape index (κ1) is 14.1. The van der Waals surface area contributed by atoms with Gasteiger partial charge in [-0.15, -0.1) is 0 Å². The topological polar surface area (TPSA) is 46.5 Å². The summed E-state index contributed by atoms with van der Waals surface area (Å²) in [6, 6.07) is 14.2. The predicted octanol–water partition coefficient (Wildman–Crippen LogP) is 4.15. The molecule has 3 heteroatoms. The van der Waals surface area contributed by atoms with Crippen molar-refractivity contribution in [1.29, 1.82) is 0 Å². The molecule has 3 nitrogen and oxygen atoms in total. The highest BCUT2D eigenvalue weighted by Gasteiger charge is 2.12. The van der Waals surface area contributed by atoms with Crippen molar-refractivity contribution in [3.8, 4) is 22.6 Å². The minimum absolute atomic E-state index is 0.171. The van der Waals surface area contributed by atoms with Gasteiger partial charge in [0.25, 0.3) is 0 Å². The van der Waals surface area contributed by atoms with Crippen LogP contribution in [0.5, 0.6) is 11.5 Å². The average Bonchev–Trinajstić information content (AvgIpc) is 2.46. The van der Waals surface area contributed by atoms with Gasteiger partial charge in [-0.3, -0.25) is 4.79 Å². The van der Waals surface area contributed by atoms with Crippen LogP contribution in [-0.2, 0) is 4.79 Å².